The summed E-state index contributed by atoms with van der Waals surface area (Å²) in [6.45, 7) is 2.59. The van der Waals surface area contributed by atoms with Gasteiger partial charge in [-0.3, -0.25) is 0 Å². The molecule has 0 amide bonds. The van der Waals surface area contributed by atoms with E-state index in [-0.39, 0.29) is 17.4 Å². The lowest BCUT2D eigenvalue weighted by molar-refractivity contribution is 0.600. The first-order valence-electron chi connectivity index (χ1n) is 5.69. The highest BCUT2D eigenvalue weighted by atomic mass is 32.2. The average molecular weight is 255 g/mol. The molecule has 1 aromatic rings. The monoisotopic (exact) mass is 255 g/mol. The number of hydrogen-bond acceptors (Lipinski definition) is 5. The molecule has 1 N–H and O–H groups in total. The summed E-state index contributed by atoms with van der Waals surface area (Å²) in [6, 6.07) is 1.92. The molecule has 0 radical (unpaired) electrons. The van der Waals surface area contributed by atoms with Crippen molar-refractivity contribution in [1.29, 1.82) is 0 Å². The Kier molecular flexibility index (Phi) is 3.44. The maximum absolute atomic E-state index is 11.4. The first-order valence-corrected chi connectivity index (χ1v) is 7.52. The van der Waals surface area contributed by atoms with Crippen LogP contribution in [0.15, 0.2) is 6.07 Å². The second-order valence-electron chi connectivity index (χ2n) is 4.49. The fraction of sp³-hybridized carbons (Fsp3) is 0.636. The van der Waals surface area contributed by atoms with E-state index in [1.165, 1.54) is 0 Å². The van der Waals surface area contributed by atoms with Crippen molar-refractivity contribution in [1.82, 2.24) is 15.3 Å². The Hall–Kier alpha value is -1.01. The van der Waals surface area contributed by atoms with E-state index in [2.05, 4.69) is 15.3 Å². The number of nitrogens with one attached hydrogen (secondary N) is 1. The van der Waals surface area contributed by atoms with Crippen molar-refractivity contribution in [2.24, 2.45) is 0 Å². The third-order valence-electron chi connectivity index (χ3n) is 2.88. The fourth-order valence-electron chi connectivity index (χ4n) is 2.11. The molecule has 1 aromatic heterocycles. The Labute approximate surface area is 102 Å². The lowest BCUT2D eigenvalue weighted by atomic mass is 10.1. The van der Waals surface area contributed by atoms with E-state index in [1.54, 1.807) is 0 Å². The molecule has 1 unspecified atom stereocenters. The summed E-state index contributed by atoms with van der Waals surface area (Å²) in [5, 5.41) is 3.04. The van der Waals surface area contributed by atoms with Crippen molar-refractivity contribution >= 4 is 9.84 Å². The number of hydrogen-bond donors (Lipinski definition) is 1. The Morgan fingerprint density at radius 2 is 2.24 bits per heavy atom. The lowest BCUT2D eigenvalue weighted by Crippen LogP contribution is -2.13. The molecule has 1 aliphatic heterocycles. The average Bonchev–Trinajstić information content (AvgIpc) is 2.58. The van der Waals surface area contributed by atoms with Gasteiger partial charge in [-0.1, -0.05) is 0 Å². The molecule has 0 bridgehead atoms. The molecule has 0 spiro atoms. The molecule has 5 nitrogen and oxygen atoms in total. The maximum Gasteiger partial charge on any atom is 0.151 e. The largest absolute Gasteiger partial charge is 0.314 e. The lowest BCUT2D eigenvalue weighted by Gasteiger charge is -2.09. The smallest absolute Gasteiger partial charge is 0.151 e. The van der Waals surface area contributed by atoms with E-state index >= 15 is 0 Å². The number of aryl methyl sites for hydroxylation is 1. The predicted molar refractivity (Wildman–Crippen MR) is 65.5 cm³/mol. The zero-order chi connectivity index (χ0) is 12.5. The minimum absolute atomic E-state index is 0.0319. The highest BCUT2D eigenvalue weighted by molar-refractivity contribution is 7.91. The summed E-state index contributed by atoms with van der Waals surface area (Å²) in [4.78, 5) is 8.79. The Morgan fingerprint density at radius 1 is 1.47 bits per heavy atom. The normalized spacial score (nSPS) is 22.8. The van der Waals surface area contributed by atoms with Gasteiger partial charge in [0, 0.05) is 18.2 Å². The molecule has 94 valence electrons. The molecule has 2 heterocycles. The van der Waals surface area contributed by atoms with E-state index in [4.69, 9.17) is 0 Å². The first-order chi connectivity index (χ1) is 8.00. The van der Waals surface area contributed by atoms with Crippen LogP contribution in [-0.4, -0.2) is 36.9 Å². The first kappa shape index (κ1) is 12.4. The number of sulfone groups is 1. The summed E-state index contributed by atoms with van der Waals surface area (Å²) < 4.78 is 22.9. The molecule has 2 rings (SSSR count). The number of rotatable bonds is 3. The van der Waals surface area contributed by atoms with Crippen LogP contribution in [0.2, 0.25) is 0 Å². The molecule has 1 atom stereocenters. The minimum Gasteiger partial charge on any atom is -0.314 e. The van der Waals surface area contributed by atoms with Gasteiger partial charge >= 0.3 is 0 Å². The van der Waals surface area contributed by atoms with Crippen LogP contribution in [0.3, 0.4) is 0 Å². The van der Waals surface area contributed by atoms with Gasteiger partial charge in [-0.05, 0) is 26.5 Å². The van der Waals surface area contributed by atoms with Crippen LogP contribution in [-0.2, 0) is 16.4 Å². The van der Waals surface area contributed by atoms with Crippen molar-refractivity contribution in [2.75, 3.05) is 18.6 Å². The van der Waals surface area contributed by atoms with Gasteiger partial charge in [-0.15, -0.1) is 0 Å². The number of aromatic nitrogens is 2. The predicted octanol–water partition coefficient (Wildman–Crippen LogP) is 0.407. The van der Waals surface area contributed by atoms with Gasteiger partial charge in [0.15, 0.2) is 9.84 Å². The van der Waals surface area contributed by atoms with E-state index in [0.29, 0.717) is 18.8 Å². The van der Waals surface area contributed by atoms with Crippen molar-refractivity contribution in [3.8, 4) is 0 Å². The zero-order valence-electron chi connectivity index (χ0n) is 10.1. The summed E-state index contributed by atoms with van der Waals surface area (Å²) >= 11 is 0. The van der Waals surface area contributed by atoms with Gasteiger partial charge in [0.25, 0.3) is 0 Å². The van der Waals surface area contributed by atoms with Crippen LogP contribution in [0, 0.1) is 6.92 Å². The van der Waals surface area contributed by atoms with Crippen LogP contribution in [0.4, 0.5) is 0 Å². The standard InChI is InChI=1S/C11H17N3O2S/c1-8-5-10(6-12-2)14-11(13-8)9-3-4-17(15,16)7-9/h5,9,12H,3-4,6-7H2,1-2H3. The van der Waals surface area contributed by atoms with Crippen molar-refractivity contribution in [3.05, 3.63) is 23.3 Å². The molecule has 1 saturated heterocycles. The molecule has 0 aliphatic carbocycles. The van der Waals surface area contributed by atoms with Crippen LogP contribution >= 0.6 is 0 Å². The van der Waals surface area contributed by atoms with Crippen LogP contribution in [0.25, 0.3) is 0 Å². The van der Waals surface area contributed by atoms with Gasteiger partial charge in [0.2, 0.25) is 0 Å². The summed E-state index contributed by atoms with van der Waals surface area (Å²) in [5.74, 6) is 1.10. The van der Waals surface area contributed by atoms with Gasteiger partial charge in [-0.25, -0.2) is 18.4 Å². The quantitative estimate of drug-likeness (QED) is 0.847. The third-order valence-corrected chi connectivity index (χ3v) is 4.65. The highest BCUT2D eigenvalue weighted by Crippen LogP contribution is 2.26. The van der Waals surface area contributed by atoms with Gasteiger partial charge in [-0.2, -0.15) is 0 Å². The molecule has 6 heteroatoms. The van der Waals surface area contributed by atoms with Crippen molar-refractivity contribution in [2.45, 2.75) is 25.8 Å². The summed E-state index contributed by atoms with van der Waals surface area (Å²) in [5.41, 5.74) is 1.81. The molecular formula is C11H17N3O2S. The zero-order valence-corrected chi connectivity index (χ0v) is 10.9. The molecule has 0 saturated carbocycles. The van der Waals surface area contributed by atoms with Crippen LogP contribution in [0.1, 0.15) is 29.6 Å². The molecule has 1 fully saturated rings. The topological polar surface area (TPSA) is 72.0 Å². The fourth-order valence-corrected chi connectivity index (χ4v) is 3.85. The van der Waals surface area contributed by atoms with Crippen molar-refractivity contribution in [3.63, 3.8) is 0 Å². The van der Waals surface area contributed by atoms with Gasteiger partial charge < -0.3 is 5.32 Å². The molecule has 17 heavy (non-hydrogen) atoms. The maximum atomic E-state index is 11.4. The second-order valence-corrected chi connectivity index (χ2v) is 6.72. The van der Waals surface area contributed by atoms with Gasteiger partial charge in [0.1, 0.15) is 5.82 Å². The van der Waals surface area contributed by atoms with Crippen molar-refractivity contribution < 1.29 is 8.42 Å². The highest BCUT2D eigenvalue weighted by Gasteiger charge is 2.31. The van der Waals surface area contributed by atoms with E-state index in [9.17, 15) is 8.42 Å². The third kappa shape index (κ3) is 3.01. The minimum atomic E-state index is -2.88. The number of nitrogens with zero attached hydrogens (tertiary/aromatic N) is 2. The Balaban J connectivity index is 2.27. The molecule has 1 aliphatic rings. The molecular weight excluding hydrogens is 238 g/mol. The van der Waals surface area contributed by atoms with E-state index in [1.807, 2.05) is 20.0 Å². The van der Waals surface area contributed by atoms with E-state index < -0.39 is 9.84 Å². The Bertz CT molecular complexity index is 513. The molecule has 0 aromatic carbocycles. The van der Waals surface area contributed by atoms with Crippen LogP contribution < -0.4 is 5.32 Å². The Morgan fingerprint density at radius 3 is 2.82 bits per heavy atom. The second kappa shape index (κ2) is 4.70. The van der Waals surface area contributed by atoms with Gasteiger partial charge in [0.05, 0.1) is 17.2 Å². The summed E-state index contributed by atoms with van der Waals surface area (Å²) in [7, 11) is -1.02. The van der Waals surface area contributed by atoms with E-state index in [0.717, 1.165) is 11.4 Å². The summed E-state index contributed by atoms with van der Waals surface area (Å²) in [6.07, 6.45) is 0.644. The SMILES string of the molecule is CNCc1cc(C)nc(C2CCS(=O)(=O)C2)n1. The van der Waals surface area contributed by atoms with Crippen LogP contribution in [0.5, 0.6) is 0 Å².